The number of aliphatic carboxylic acids is 1. The van der Waals surface area contributed by atoms with Gasteiger partial charge in [-0.25, -0.2) is 4.79 Å². The zero-order valence-corrected chi connectivity index (χ0v) is 9.57. The van der Waals surface area contributed by atoms with E-state index in [0.717, 1.165) is 22.2 Å². The highest BCUT2D eigenvalue weighted by Crippen LogP contribution is 2.20. The van der Waals surface area contributed by atoms with E-state index in [-0.39, 0.29) is 0 Å². The van der Waals surface area contributed by atoms with Gasteiger partial charge in [0.25, 0.3) is 0 Å². The van der Waals surface area contributed by atoms with Crippen molar-refractivity contribution in [2.75, 3.05) is 0 Å². The van der Waals surface area contributed by atoms with Gasteiger partial charge in [-0.2, -0.15) is 0 Å². The Hall–Kier alpha value is -1.16. The first-order valence-electron chi connectivity index (χ1n) is 4.72. The maximum atomic E-state index is 10.7. The Kier molecular flexibility index (Phi) is 2.86. The molecule has 0 saturated carbocycles. The summed E-state index contributed by atoms with van der Waals surface area (Å²) in [5.41, 5.74) is 1.91. The van der Waals surface area contributed by atoms with Crippen LogP contribution in [-0.4, -0.2) is 22.8 Å². The molecule has 1 aromatic rings. The summed E-state index contributed by atoms with van der Waals surface area (Å²) >= 11 is 3.36. The number of halogens is 1. The molecule has 0 spiro atoms. The van der Waals surface area contributed by atoms with Gasteiger partial charge >= 0.3 is 5.97 Å². The van der Waals surface area contributed by atoms with Gasteiger partial charge in [0.15, 0.2) is 0 Å². The molecular weight excluding hydrogens is 258 g/mol. The van der Waals surface area contributed by atoms with Crippen LogP contribution in [0.25, 0.3) is 0 Å². The summed E-state index contributed by atoms with van der Waals surface area (Å²) < 4.78 is 1.01. The number of aliphatic imine (C=N–C) groups is 1. The highest BCUT2D eigenvalue weighted by atomic mass is 79.9. The molecule has 0 fully saturated rings. The molecule has 78 valence electrons. The third-order valence-electron chi connectivity index (χ3n) is 2.43. The topological polar surface area (TPSA) is 49.7 Å². The third kappa shape index (κ3) is 2.26. The molecule has 0 unspecified atom stereocenters. The molecule has 0 radical (unpaired) electrons. The van der Waals surface area contributed by atoms with Crippen LogP contribution in [0.15, 0.2) is 33.7 Å². The summed E-state index contributed by atoms with van der Waals surface area (Å²) in [5.74, 6) is -0.831. The van der Waals surface area contributed by atoms with Gasteiger partial charge < -0.3 is 5.11 Å². The fraction of sp³-hybridized carbons (Fsp3) is 0.273. The van der Waals surface area contributed by atoms with E-state index >= 15 is 0 Å². The molecule has 1 heterocycles. The second-order valence-corrected chi connectivity index (χ2v) is 4.39. The lowest BCUT2D eigenvalue weighted by Gasteiger charge is -1.99. The Morgan fingerprint density at radius 2 is 2.07 bits per heavy atom. The van der Waals surface area contributed by atoms with Crippen molar-refractivity contribution in [2.24, 2.45) is 4.99 Å². The summed E-state index contributed by atoms with van der Waals surface area (Å²) in [6.07, 6.45) is 1.36. The van der Waals surface area contributed by atoms with E-state index in [1.807, 2.05) is 24.3 Å². The van der Waals surface area contributed by atoms with Crippen molar-refractivity contribution < 1.29 is 9.90 Å². The van der Waals surface area contributed by atoms with Gasteiger partial charge in [-0.05, 0) is 30.5 Å². The van der Waals surface area contributed by atoms with Gasteiger partial charge in [0, 0.05) is 10.2 Å². The molecule has 0 saturated heterocycles. The van der Waals surface area contributed by atoms with Crippen molar-refractivity contribution in [3.63, 3.8) is 0 Å². The first-order chi connectivity index (χ1) is 7.16. The summed E-state index contributed by atoms with van der Waals surface area (Å²) in [6, 6.07) is 7.22. The van der Waals surface area contributed by atoms with Gasteiger partial charge in [-0.15, -0.1) is 0 Å². The Morgan fingerprint density at radius 1 is 1.40 bits per heavy atom. The van der Waals surface area contributed by atoms with Crippen molar-refractivity contribution >= 4 is 27.6 Å². The number of hydrogen-bond acceptors (Lipinski definition) is 2. The van der Waals surface area contributed by atoms with Crippen molar-refractivity contribution in [1.82, 2.24) is 0 Å². The van der Waals surface area contributed by atoms with E-state index in [9.17, 15) is 4.79 Å². The summed E-state index contributed by atoms with van der Waals surface area (Å²) in [7, 11) is 0. The van der Waals surface area contributed by atoms with E-state index in [2.05, 4.69) is 20.9 Å². The Balaban J connectivity index is 2.22. The number of rotatable bonds is 2. The molecule has 1 aliphatic rings. The van der Waals surface area contributed by atoms with Gasteiger partial charge in [0.2, 0.25) is 0 Å². The largest absolute Gasteiger partial charge is 0.480 e. The first kappa shape index (κ1) is 10.4. The predicted molar refractivity (Wildman–Crippen MR) is 61.3 cm³/mol. The zero-order chi connectivity index (χ0) is 10.8. The SMILES string of the molecule is O=C(O)[C@@H]1CCC(c2ccc(Br)cc2)=N1. The molecule has 1 aliphatic heterocycles. The van der Waals surface area contributed by atoms with Crippen LogP contribution in [0.2, 0.25) is 0 Å². The molecule has 1 N–H and O–H groups in total. The van der Waals surface area contributed by atoms with E-state index in [0.29, 0.717) is 6.42 Å². The van der Waals surface area contributed by atoms with E-state index < -0.39 is 12.0 Å². The van der Waals surface area contributed by atoms with Crippen molar-refractivity contribution in [3.05, 3.63) is 34.3 Å². The van der Waals surface area contributed by atoms with Crippen molar-refractivity contribution in [2.45, 2.75) is 18.9 Å². The van der Waals surface area contributed by atoms with Crippen molar-refractivity contribution in [3.8, 4) is 0 Å². The van der Waals surface area contributed by atoms with Crippen LogP contribution in [0.4, 0.5) is 0 Å². The summed E-state index contributed by atoms with van der Waals surface area (Å²) in [6.45, 7) is 0. The molecule has 1 aromatic carbocycles. The third-order valence-corrected chi connectivity index (χ3v) is 2.96. The minimum Gasteiger partial charge on any atom is -0.480 e. The van der Waals surface area contributed by atoms with Crippen LogP contribution in [0.1, 0.15) is 18.4 Å². The number of carboxylic acid groups (broad SMARTS) is 1. The predicted octanol–water partition coefficient (Wildman–Crippen LogP) is 2.49. The maximum absolute atomic E-state index is 10.7. The number of carbonyl (C=O) groups is 1. The average Bonchev–Trinajstić information content (AvgIpc) is 2.68. The van der Waals surface area contributed by atoms with E-state index in [4.69, 9.17) is 5.11 Å². The monoisotopic (exact) mass is 267 g/mol. The fourth-order valence-corrected chi connectivity index (χ4v) is 1.89. The Labute approximate surface area is 96.0 Å². The minimum absolute atomic E-state index is 0.552. The van der Waals surface area contributed by atoms with Gasteiger partial charge in [0.05, 0.1) is 0 Å². The molecule has 15 heavy (non-hydrogen) atoms. The zero-order valence-electron chi connectivity index (χ0n) is 7.98. The summed E-state index contributed by atoms with van der Waals surface area (Å²) in [4.78, 5) is 14.9. The molecular formula is C11H10BrNO2. The number of hydrogen-bond donors (Lipinski definition) is 1. The molecule has 0 amide bonds. The molecule has 4 heteroatoms. The Bertz CT molecular complexity index is 411. The second kappa shape index (κ2) is 4.14. The lowest BCUT2D eigenvalue weighted by molar-refractivity contribution is -0.138. The highest BCUT2D eigenvalue weighted by Gasteiger charge is 2.23. The molecule has 0 bridgehead atoms. The van der Waals surface area contributed by atoms with Crippen LogP contribution in [0, 0.1) is 0 Å². The fourth-order valence-electron chi connectivity index (χ4n) is 1.63. The van der Waals surface area contributed by atoms with E-state index in [1.54, 1.807) is 0 Å². The highest BCUT2D eigenvalue weighted by molar-refractivity contribution is 9.10. The molecule has 0 aromatic heterocycles. The first-order valence-corrected chi connectivity index (χ1v) is 5.51. The quantitative estimate of drug-likeness (QED) is 0.895. The average molecular weight is 268 g/mol. The lowest BCUT2D eigenvalue weighted by Crippen LogP contribution is -2.13. The van der Waals surface area contributed by atoms with Crippen LogP contribution in [-0.2, 0) is 4.79 Å². The molecule has 2 rings (SSSR count). The summed E-state index contributed by atoms with van der Waals surface area (Å²) in [5, 5.41) is 8.81. The number of carboxylic acids is 1. The van der Waals surface area contributed by atoms with Gasteiger partial charge in [-0.1, -0.05) is 28.1 Å². The number of nitrogens with zero attached hydrogens (tertiary/aromatic N) is 1. The molecule has 3 nitrogen and oxygen atoms in total. The normalized spacial score (nSPS) is 20.1. The lowest BCUT2D eigenvalue weighted by atomic mass is 10.1. The van der Waals surface area contributed by atoms with Crippen molar-refractivity contribution in [1.29, 1.82) is 0 Å². The van der Waals surface area contributed by atoms with Gasteiger partial charge in [0.1, 0.15) is 6.04 Å². The van der Waals surface area contributed by atoms with Crippen LogP contribution in [0.3, 0.4) is 0 Å². The van der Waals surface area contributed by atoms with Crippen LogP contribution in [0.5, 0.6) is 0 Å². The van der Waals surface area contributed by atoms with E-state index in [1.165, 1.54) is 0 Å². The van der Waals surface area contributed by atoms with Crippen LogP contribution < -0.4 is 0 Å². The van der Waals surface area contributed by atoms with Crippen LogP contribution >= 0.6 is 15.9 Å². The standard InChI is InChI=1S/C11H10BrNO2/c12-8-3-1-7(2-4-8)9-5-6-10(13-9)11(14)15/h1-4,10H,5-6H2,(H,14,15)/t10-/m0/s1. The molecule has 1 atom stereocenters. The smallest absolute Gasteiger partial charge is 0.328 e. The minimum atomic E-state index is -0.831. The van der Waals surface area contributed by atoms with Gasteiger partial charge in [-0.3, -0.25) is 4.99 Å². The Morgan fingerprint density at radius 3 is 2.60 bits per heavy atom. The molecule has 0 aliphatic carbocycles. The number of benzene rings is 1. The second-order valence-electron chi connectivity index (χ2n) is 3.48. The maximum Gasteiger partial charge on any atom is 0.328 e.